The van der Waals surface area contributed by atoms with Crippen molar-refractivity contribution in [2.45, 2.75) is 11.8 Å². The minimum atomic E-state index is -0.482. The first-order valence-corrected chi connectivity index (χ1v) is 7.38. The lowest BCUT2D eigenvalue weighted by Gasteiger charge is -2.08. The molecule has 22 heavy (non-hydrogen) atoms. The second-order valence-electron chi connectivity index (χ2n) is 4.52. The molecule has 114 valence electrons. The second-order valence-corrected chi connectivity index (χ2v) is 5.54. The maximum absolute atomic E-state index is 13.0. The topological polar surface area (TPSA) is 72.2 Å². The molecule has 0 spiro atoms. The summed E-state index contributed by atoms with van der Waals surface area (Å²) in [5, 5.41) is 13.6. The number of rotatable bonds is 5. The molecule has 2 rings (SSSR count). The third-order valence-electron chi connectivity index (χ3n) is 2.88. The Morgan fingerprint density at radius 3 is 2.73 bits per heavy atom. The van der Waals surface area contributed by atoms with Gasteiger partial charge in [-0.3, -0.25) is 14.9 Å². The normalized spacial score (nSPS) is 10.3. The summed E-state index contributed by atoms with van der Waals surface area (Å²) in [6, 6.07) is 10.3. The number of nitrogens with zero attached hydrogens (tertiary/aromatic N) is 1. The minimum absolute atomic E-state index is 0.0294. The molecule has 0 aromatic heterocycles. The van der Waals surface area contributed by atoms with Gasteiger partial charge in [-0.15, -0.1) is 11.8 Å². The highest BCUT2D eigenvalue weighted by Crippen LogP contribution is 2.28. The third-order valence-corrected chi connectivity index (χ3v) is 3.95. The van der Waals surface area contributed by atoms with E-state index in [0.29, 0.717) is 16.1 Å². The highest BCUT2D eigenvalue weighted by Gasteiger charge is 2.14. The number of carbonyl (C=O) groups is 1. The van der Waals surface area contributed by atoms with Gasteiger partial charge in [-0.05, 0) is 36.8 Å². The summed E-state index contributed by atoms with van der Waals surface area (Å²) in [6.07, 6.45) is 0. The van der Waals surface area contributed by atoms with Crippen molar-refractivity contribution in [3.05, 3.63) is 64.0 Å². The van der Waals surface area contributed by atoms with Crippen LogP contribution in [0.5, 0.6) is 0 Å². The maximum Gasteiger partial charge on any atom is 0.282 e. The number of nitro benzene ring substituents is 1. The Balaban J connectivity index is 2.00. The van der Waals surface area contributed by atoms with Gasteiger partial charge in [0.15, 0.2) is 0 Å². The van der Waals surface area contributed by atoms with Gasteiger partial charge < -0.3 is 5.32 Å². The van der Waals surface area contributed by atoms with E-state index in [9.17, 15) is 19.3 Å². The number of anilines is 1. The summed E-state index contributed by atoms with van der Waals surface area (Å²) >= 11 is 1.08. The summed E-state index contributed by atoms with van der Waals surface area (Å²) in [7, 11) is 0. The molecule has 0 aliphatic rings. The average Bonchev–Trinajstić information content (AvgIpc) is 2.48. The molecule has 1 amide bonds. The molecule has 0 saturated carbocycles. The van der Waals surface area contributed by atoms with Crippen molar-refractivity contribution < 1.29 is 14.1 Å². The monoisotopic (exact) mass is 320 g/mol. The summed E-state index contributed by atoms with van der Waals surface area (Å²) in [5.74, 6) is -0.649. The van der Waals surface area contributed by atoms with Crippen molar-refractivity contribution >= 4 is 29.0 Å². The van der Waals surface area contributed by atoms with Crippen LogP contribution in [-0.2, 0) is 4.79 Å². The van der Waals surface area contributed by atoms with E-state index >= 15 is 0 Å². The number of benzene rings is 2. The fraction of sp³-hybridized carbons (Fsp3) is 0.133. The van der Waals surface area contributed by atoms with Crippen LogP contribution >= 0.6 is 11.8 Å². The zero-order valence-corrected chi connectivity index (χ0v) is 12.5. The number of amides is 1. The summed E-state index contributed by atoms with van der Waals surface area (Å²) in [5.41, 5.74) is 1.11. The van der Waals surface area contributed by atoms with Gasteiger partial charge >= 0.3 is 0 Å². The van der Waals surface area contributed by atoms with E-state index in [2.05, 4.69) is 5.32 Å². The van der Waals surface area contributed by atoms with Gasteiger partial charge in [0.2, 0.25) is 5.91 Å². The summed E-state index contributed by atoms with van der Waals surface area (Å²) in [4.78, 5) is 22.7. The Bertz CT molecular complexity index is 722. The molecule has 0 bridgehead atoms. The lowest BCUT2D eigenvalue weighted by molar-refractivity contribution is -0.387. The highest BCUT2D eigenvalue weighted by molar-refractivity contribution is 8.00. The Morgan fingerprint density at radius 2 is 2.05 bits per heavy atom. The van der Waals surface area contributed by atoms with Gasteiger partial charge in [0, 0.05) is 11.8 Å². The summed E-state index contributed by atoms with van der Waals surface area (Å²) in [6.45, 7) is 1.69. The van der Waals surface area contributed by atoms with Crippen LogP contribution in [0.3, 0.4) is 0 Å². The van der Waals surface area contributed by atoms with Crippen LogP contribution in [0.1, 0.15) is 5.56 Å². The van der Waals surface area contributed by atoms with Crippen LogP contribution in [-0.4, -0.2) is 16.6 Å². The Morgan fingerprint density at radius 1 is 1.32 bits per heavy atom. The maximum atomic E-state index is 13.0. The molecule has 5 nitrogen and oxygen atoms in total. The van der Waals surface area contributed by atoms with Gasteiger partial charge in [-0.25, -0.2) is 4.39 Å². The molecule has 0 heterocycles. The van der Waals surface area contributed by atoms with Crippen molar-refractivity contribution in [2.24, 2.45) is 0 Å². The van der Waals surface area contributed by atoms with E-state index in [1.165, 1.54) is 24.3 Å². The number of para-hydroxylation sites is 1. The van der Waals surface area contributed by atoms with E-state index < -0.39 is 4.92 Å². The van der Waals surface area contributed by atoms with Crippen LogP contribution in [0.2, 0.25) is 0 Å². The summed E-state index contributed by atoms with van der Waals surface area (Å²) < 4.78 is 13.0. The van der Waals surface area contributed by atoms with Crippen molar-refractivity contribution in [3.8, 4) is 0 Å². The largest absolute Gasteiger partial charge is 0.325 e. The van der Waals surface area contributed by atoms with Crippen LogP contribution in [0.25, 0.3) is 0 Å². The Labute approximate surface area is 130 Å². The zero-order chi connectivity index (χ0) is 16.1. The number of aryl methyl sites for hydroxylation is 1. The standard InChI is InChI=1S/C15H13FN2O3S/c1-10-8-11(16)6-7-12(10)17-15(19)9-22-14-5-3-2-4-13(14)18(20)21/h2-8H,9H2,1H3,(H,17,19). The van der Waals surface area contributed by atoms with Gasteiger partial charge in [0.25, 0.3) is 5.69 Å². The van der Waals surface area contributed by atoms with Crippen molar-refractivity contribution in [2.75, 3.05) is 11.1 Å². The fourth-order valence-corrected chi connectivity index (χ4v) is 2.65. The van der Waals surface area contributed by atoms with E-state index in [0.717, 1.165) is 11.8 Å². The molecule has 2 aromatic carbocycles. The first-order valence-electron chi connectivity index (χ1n) is 6.39. The van der Waals surface area contributed by atoms with Crippen molar-refractivity contribution in [3.63, 3.8) is 0 Å². The smallest absolute Gasteiger partial charge is 0.282 e. The van der Waals surface area contributed by atoms with Crippen molar-refractivity contribution in [1.29, 1.82) is 0 Å². The highest BCUT2D eigenvalue weighted by atomic mass is 32.2. The number of hydrogen-bond acceptors (Lipinski definition) is 4. The molecule has 0 aliphatic carbocycles. The molecule has 0 unspecified atom stereocenters. The first-order chi connectivity index (χ1) is 10.5. The van der Waals surface area contributed by atoms with Crippen LogP contribution in [0.4, 0.5) is 15.8 Å². The Hall–Kier alpha value is -2.41. The fourth-order valence-electron chi connectivity index (χ4n) is 1.83. The minimum Gasteiger partial charge on any atom is -0.325 e. The van der Waals surface area contributed by atoms with Gasteiger partial charge in [0.1, 0.15) is 5.82 Å². The molecule has 0 fully saturated rings. The predicted octanol–water partition coefficient (Wildman–Crippen LogP) is 3.77. The first kappa shape index (κ1) is 16.0. The van der Waals surface area contributed by atoms with E-state index in [1.54, 1.807) is 25.1 Å². The molecule has 2 aromatic rings. The second kappa shape index (κ2) is 7.04. The number of hydrogen-bond donors (Lipinski definition) is 1. The Kier molecular flexibility index (Phi) is 5.11. The zero-order valence-electron chi connectivity index (χ0n) is 11.7. The lowest BCUT2D eigenvalue weighted by Crippen LogP contribution is -2.15. The van der Waals surface area contributed by atoms with E-state index in [1.807, 2.05) is 0 Å². The van der Waals surface area contributed by atoms with Gasteiger partial charge in [0.05, 0.1) is 15.6 Å². The van der Waals surface area contributed by atoms with Crippen LogP contribution in [0.15, 0.2) is 47.4 Å². The molecule has 0 radical (unpaired) electrons. The third kappa shape index (κ3) is 4.05. The van der Waals surface area contributed by atoms with E-state index in [-0.39, 0.29) is 23.2 Å². The van der Waals surface area contributed by atoms with Crippen molar-refractivity contribution in [1.82, 2.24) is 0 Å². The molecule has 0 aliphatic heterocycles. The lowest BCUT2D eigenvalue weighted by atomic mass is 10.2. The number of carbonyl (C=O) groups excluding carboxylic acids is 1. The quantitative estimate of drug-likeness (QED) is 0.517. The van der Waals surface area contributed by atoms with Crippen LogP contribution < -0.4 is 5.32 Å². The predicted molar refractivity (Wildman–Crippen MR) is 83.6 cm³/mol. The molecular formula is C15H13FN2O3S. The number of nitro groups is 1. The number of thioether (sulfide) groups is 1. The average molecular weight is 320 g/mol. The number of nitrogens with one attached hydrogen (secondary N) is 1. The molecule has 0 saturated heterocycles. The molecule has 7 heteroatoms. The van der Waals surface area contributed by atoms with Gasteiger partial charge in [-0.2, -0.15) is 0 Å². The van der Waals surface area contributed by atoms with Crippen LogP contribution in [0, 0.1) is 22.9 Å². The molecular weight excluding hydrogens is 307 g/mol. The molecule has 0 atom stereocenters. The molecule has 1 N–H and O–H groups in total. The SMILES string of the molecule is Cc1cc(F)ccc1NC(=O)CSc1ccccc1[N+](=O)[O-]. The number of halogens is 1. The van der Waals surface area contributed by atoms with E-state index in [4.69, 9.17) is 0 Å². The van der Waals surface area contributed by atoms with Gasteiger partial charge in [-0.1, -0.05) is 12.1 Å².